The van der Waals surface area contributed by atoms with E-state index in [9.17, 15) is 17.6 Å². The average molecular weight is 493 g/mol. The van der Waals surface area contributed by atoms with Gasteiger partial charge in [-0.15, -0.1) is 10.2 Å². The average Bonchev–Trinajstić information content (AvgIpc) is 3.30. The van der Waals surface area contributed by atoms with Gasteiger partial charge in [-0.3, -0.25) is 4.79 Å². The molecule has 2 aromatic carbocycles. The second-order valence-corrected chi connectivity index (χ2v) is 10.1. The number of thioether (sulfide) groups is 1. The van der Waals surface area contributed by atoms with Crippen LogP contribution in [-0.4, -0.2) is 60.9 Å². The first-order valence-electron chi connectivity index (χ1n) is 10.0. The first-order chi connectivity index (χ1) is 15.8. The van der Waals surface area contributed by atoms with E-state index in [0.717, 1.165) is 11.8 Å². The number of hydrogen-bond acceptors (Lipinski definition) is 8. The molecule has 3 aromatic rings. The van der Waals surface area contributed by atoms with E-state index in [1.807, 2.05) is 0 Å². The van der Waals surface area contributed by atoms with Crippen LogP contribution in [0, 0.1) is 12.7 Å². The quantitative estimate of drug-likeness (QED) is 0.501. The fourth-order valence-corrected chi connectivity index (χ4v) is 5.12. The number of ether oxygens (including phenoxy) is 1. The lowest BCUT2D eigenvalue weighted by Gasteiger charge is -2.26. The van der Waals surface area contributed by atoms with E-state index < -0.39 is 15.8 Å². The molecule has 1 N–H and O–H groups in total. The van der Waals surface area contributed by atoms with Crippen LogP contribution in [0.1, 0.15) is 5.56 Å². The van der Waals surface area contributed by atoms with Gasteiger partial charge in [-0.2, -0.15) is 4.31 Å². The maximum Gasteiger partial charge on any atom is 0.277 e. The molecule has 0 radical (unpaired) electrons. The van der Waals surface area contributed by atoms with Crippen LogP contribution in [0.15, 0.2) is 57.0 Å². The summed E-state index contributed by atoms with van der Waals surface area (Å²) in [6.07, 6.45) is 0. The molecule has 2 heterocycles. The highest BCUT2D eigenvalue weighted by Crippen LogP contribution is 2.26. The van der Waals surface area contributed by atoms with Crippen LogP contribution >= 0.6 is 11.8 Å². The molecule has 4 rings (SSSR count). The number of benzene rings is 2. The lowest BCUT2D eigenvalue weighted by Crippen LogP contribution is -2.40. The fourth-order valence-electron chi connectivity index (χ4n) is 3.11. The van der Waals surface area contributed by atoms with Crippen molar-refractivity contribution >= 4 is 33.4 Å². The molecule has 1 aliphatic heterocycles. The molecular formula is C21H21FN4O5S2. The zero-order chi connectivity index (χ0) is 23.4. The Labute approximate surface area is 194 Å². The van der Waals surface area contributed by atoms with Crippen molar-refractivity contribution in [2.75, 3.05) is 37.4 Å². The fraction of sp³-hybridized carbons (Fsp3) is 0.286. The minimum atomic E-state index is -3.66. The number of carbonyl (C=O) groups is 1. The zero-order valence-electron chi connectivity index (χ0n) is 17.7. The van der Waals surface area contributed by atoms with Gasteiger partial charge in [-0.05, 0) is 42.8 Å². The van der Waals surface area contributed by atoms with Gasteiger partial charge < -0.3 is 14.5 Å². The molecule has 12 heteroatoms. The molecule has 1 fully saturated rings. The summed E-state index contributed by atoms with van der Waals surface area (Å²) in [6.45, 7) is 2.94. The van der Waals surface area contributed by atoms with Crippen molar-refractivity contribution in [1.82, 2.24) is 14.5 Å². The van der Waals surface area contributed by atoms with Crippen LogP contribution in [0.25, 0.3) is 11.5 Å². The van der Waals surface area contributed by atoms with Gasteiger partial charge in [0.1, 0.15) is 5.82 Å². The summed E-state index contributed by atoms with van der Waals surface area (Å²) in [5, 5.41) is 10.6. The molecule has 0 unspecified atom stereocenters. The van der Waals surface area contributed by atoms with Gasteiger partial charge in [0.05, 0.1) is 23.9 Å². The molecule has 1 aromatic heterocycles. The van der Waals surface area contributed by atoms with Crippen LogP contribution in [-0.2, 0) is 19.6 Å². The molecule has 0 spiro atoms. The Kier molecular flexibility index (Phi) is 7.08. The van der Waals surface area contributed by atoms with Gasteiger partial charge in [0.25, 0.3) is 5.22 Å². The predicted molar refractivity (Wildman–Crippen MR) is 120 cm³/mol. The minimum absolute atomic E-state index is 0.0252. The number of nitrogens with zero attached hydrogens (tertiary/aromatic N) is 3. The van der Waals surface area contributed by atoms with E-state index in [0.29, 0.717) is 43.1 Å². The zero-order valence-corrected chi connectivity index (χ0v) is 19.3. The number of nitrogens with one attached hydrogen (secondary N) is 1. The number of halogens is 1. The first kappa shape index (κ1) is 23.4. The van der Waals surface area contributed by atoms with Crippen molar-refractivity contribution in [3.05, 3.63) is 53.8 Å². The third kappa shape index (κ3) is 5.58. The van der Waals surface area contributed by atoms with E-state index in [1.54, 1.807) is 31.2 Å². The number of hydrogen-bond donors (Lipinski definition) is 1. The van der Waals surface area contributed by atoms with Gasteiger partial charge in [0.15, 0.2) is 0 Å². The molecule has 174 valence electrons. The molecule has 1 aliphatic rings. The maximum absolute atomic E-state index is 13.6. The molecular weight excluding hydrogens is 471 g/mol. The molecule has 33 heavy (non-hydrogen) atoms. The van der Waals surface area contributed by atoms with Crippen molar-refractivity contribution in [3.63, 3.8) is 0 Å². The van der Waals surface area contributed by atoms with E-state index in [4.69, 9.17) is 9.15 Å². The SMILES string of the molecule is Cc1ccc(NC(=O)CSc2nnc(-c3cccc(S(=O)(=O)N4CCOCC4)c3)o2)cc1F. The van der Waals surface area contributed by atoms with Crippen molar-refractivity contribution in [3.8, 4) is 11.5 Å². The van der Waals surface area contributed by atoms with Gasteiger partial charge in [0.2, 0.25) is 21.8 Å². The highest BCUT2D eigenvalue weighted by molar-refractivity contribution is 7.99. The van der Waals surface area contributed by atoms with Crippen LogP contribution in [0.5, 0.6) is 0 Å². The molecule has 0 saturated carbocycles. The molecule has 0 bridgehead atoms. The van der Waals surface area contributed by atoms with E-state index in [-0.39, 0.29) is 27.7 Å². The van der Waals surface area contributed by atoms with Crippen LogP contribution in [0.2, 0.25) is 0 Å². The second kappa shape index (κ2) is 10.00. The maximum atomic E-state index is 13.6. The lowest BCUT2D eigenvalue weighted by atomic mass is 10.2. The summed E-state index contributed by atoms with van der Waals surface area (Å²) < 4.78 is 51.6. The summed E-state index contributed by atoms with van der Waals surface area (Å²) in [6, 6.07) is 10.7. The summed E-state index contributed by atoms with van der Waals surface area (Å²) in [4.78, 5) is 12.3. The van der Waals surface area contributed by atoms with Gasteiger partial charge in [0, 0.05) is 24.3 Å². The Hall–Kier alpha value is -2.80. The Morgan fingerprint density at radius 1 is 1.18 bits per heavy atom. The third-order valence-corrected chi connectivity index (χ3v) is 7.59. The molecule has 0 aliphatic carbocycles. The molecule has 1 amide bonds. The number of aromatic nitrogens is 2. The number of rotatable bonds is 7. The Balaban J connectivity index is 1.40. The van der Waals surface area contributed by atoms with Crippen molar-refractivity contribution in [1.29, 1.82) is 0 Å². The first-order valence-corrected chi connectivity index (χ1v) is 12.5. The monoisotopic (exact) mass is 492 g/mol. The number of sulfonamides is 1. The van der Waals surface area contributed by atoms with Crippen LogP contribution in [0.3, 0.4) is 0 Å². The normalized spacial score (nSPS) is 14.8. The van der Waals surface area contributed by atoms with Gasteiger partial charge in [-0.25, -0.2) is 12.8 Å². The highest BCUT2D eigenvalue weighted by atomic mass is 32.2. The van der Waals surface area contributed by atoms with Crippen LogP contribution in [0.4, 0.5) is 10.1 Å². The number of aryl methyl sites for hydroxylation is 1. The minimum Gasteiger partial charge on any atom is -0.411 e. The van der Waals surface area contributed by atoms with Crippen molar-refractivity contribution in [2.24, 2.45) is 0 Å². The summed E-state index contributed by atoms with van der Waals surface area (Å²) in [7, 11) is -3.66. The highest BCUT2D eigenvalue weighted by Gasteiger charge is 2.27. The Morgan fingerprint density at radius 2 is 1.97 bits per heavy atom. The van der Waals surface area contributed by atoms with Gasteiger partial charge in [-0.1, -0.05) is 23.9 Å². The molecule has 9 nitrogen and oxygen atoms in total. The largest absolute Gasteiger partial charge is 0.411 e. The molecule has 1 saturated heterocycles. The number of morpholine rings is 1. The third-order valence-electron chi connectivity index (χ3n) is 4.88. The van der Waals surface area contributed by atoms with E-state index in [1.165, 1.54) is 22.5 Å². The van der Waals surface area contributed by atoms with E-state index >= 15 is 0 Å². The Morgan fingerprint density at radius 3 is 2.73 bits per heavy atom. The summed E-state index contributed by atoms with van der Waals surface area (Å²) in [5.74, 6) is -0.651. The predicted octanol–water partition coefficient (Wildman–Crippen LogP) is 2.94. The smallest absolute Gasteiger partial charge is 0.277 e. The van der Waals surface area contributed by atoms with Crippen molar-refractivity contribution < 1.29 is 26.8 Å². The topological polar surface area (TPSA) is 115 Å². The Bertz CT molecular complexity index is 1260. The number of amides is 1. The number of anilines is 1. The van der Waals surface area contributed by atoms with E-state index in [2.05, 4.69) is 15.5 Å². The van der Waals surface area contributed by atoms with Crippen LogP contribution < -0.4 is 5.32 Å². The molecule has 0 atom stereocenters. The lowest BCUT2D eigenvalue weighted by molar-refractivity contribution is -0.113. The summed E-state index contributed by atoms with van der Waals surface area (Å²) in [5.41, 5.74) is 1.29. The van der Waals surface area contributed by atoms with Crippen molar-refractivity contribution in [2.45, 2.75) is 17.0 Å². The second-order valence-electron chi connectivity index (χ2n) is 7.22. The standard InChI is InChI=1S/C21H21FN4O5S2/c1-14-5-6-16(12-18(14)22)23-19(27)13-32-21-25-24-20(31-21)15-3-2-4-17(11-15)33(28,29)26-7-9-30-10-8-26/h2-6,11-12H,7-10,13H2,1H3,(H,23,27). The number of carbonyl (C=O) groups excluding carboxylic acids is 1. The summed E-state index contributed by atoms with van der Waals surface area (Å²) >= 11 is 1.02. The van der Waals surface area contributed by atoms with Gasteiger partial charge >= 0.3 is 0 Å².